The second-order valence-corrected chi connectivity index (χ2v) is 4.35. The molecule has 18 heavy (non-hydrogen) atoms. The van der Waals surface area contributed by atoms with Crippen LogP contribution in [0, 0.1) is 11.3 Å². The molecular formula is C11H6F3N3S. The number of alkyl halides is 3. The Morgan fingerprint density at radius 2 is 2.11 bits per heavy atom. The molecule has 92 valence electrons. The van der Waals surface area contributed by atoms with E-state index in [1.807, 2.05) is 0 Å². The molecule has 0 aliphatic rings. The molecule has 2 heterocycles. The smallest absolute Gasteiger partial charge is 0.383 e. The van der Waals surface area contributed by atoms with E-state index in [0.717, 1.165) is 6.07 Å². The molecule has 0 aromatic carbocycles. The Morgan fingerprint density at radius 1 is 1.39 bits per heavy atom. The largest absolute Gasteiger partial charge is 0.417 e. The SMILES string of the molecule is N#Cc1c(C(F)(F)F)cc(-c2cccs2)nc1N. The van der Waals surface area contributed by atoms with Gasteiger partial charge in [-0.2, -0.15) is 18.4 Å². The van der Waals surface area contributed by atoms with Gasteiger partial charge in [-0.25, -0.2) is 4.98 Å². The Kier molecular flexibility index (Phi) is 2.97. The van der Waals surface area contributed by atoms with Gasteiger partial charge in [0.05, 0.1) is 16.1 Å². The maximum Gasteiger partial charge on any atom is 0.417 e. The highest BCUT2D eigenvalue weighted by atomic mass is 32.1. The lowest BCUT2D eigenvalue weighted by Gasteiger charge is -2.11. The minimum atomic E-state index is -4.63. The first-order valence-electron chi connectivity index (χ1n) is 4.75. The van der Waals surface area contributed by atoms with E-state index in [1.54, 1.807) is 17.5 Å². The highest BCUT2D eigenvalue weighted by Crippen LogP contribution is 2.36. The zero-order valence-electron chi connectivity index (χ0n) is 8.82. The standard InChI is InChI=1S/C11H6F3N3S/c12-11(13,14)7-4-8(9-2-1-3-18-9)17-10(16)6(7)5-15/h1-4H,(H2,16,17). The summed E-state index contributed by atoms with van der Waals surface area (Å²) in [5.41, 5.74) is 3.83. The van der Waals surface area contributed by atoms with E-state index in [0.29, 0.717) is 4.88 Å². The number of nitrogen functional groups attached to an aromatic ring is 1. The van der Waals surface area contributed by atoms with Crippen molar-refractivity contribution in [3.63, 3.8) is 0 Å². The van der Waals surface area contributed by atoms with Gasteiger partial charge in [-0.05, 0) is 17.5 Å². The van der Waals surface area contributed by atoms with Crippen LogP contribution >= 0.6 is 11.3 Å². The topological polar surface area (TPSA) is 62.7 Å². The van der Waals surface area contributed by atoms with Crippen molar-refractivity contribution >= 4 is 17.2 Å². The van der Waals surface area contributed by atoms with Crippen LogP contribution in [0.5, 0.6) is 0 Å². The lowest BCUT2D eigenvalue weighted by Crippen LogP contribution is -2.11. The number of nitrogens with two attached hydrogens (primary N) is 1. The molecule has 0 atom stereocenters. The molecule has 3 nitrogen and oxygen atoms in total. The molecule has 0 fully saturated rings. The molecule has 0 aliphatic heterocycles. The number of rotatable bonds is 1. The van der Waals surface area contributed by atoms with Crippen molar-refractivity contribution in [3.05, 3.63) is 34.7 Å². The van der Waals surface area contributed by atoms with Gasteiger partial charge in [0.15, 0.2) is 0 Å². The first-order valence-corrected chi connectivity index (χ1v) is 5.63. The third-order valence-corrected chi connectivity index (χ3v) is 3.13. The van der Waals surface area contributed by atoms with Crippen molar-refractivity contribution in [3.8, 4) is 16.6 Å². The molecule has 0 radical (unpaired) electrons. The predicted molar refractivity (Wildman–Crippen MR) is 61.7 cm³/mol. The van der Waals surface area contributed by atoms with Crippen LogP contribution in [0.4, 0.5) is 19.0 Å². The summed E-state index contributed by atoms with van der Waals surface area (Å²) < 4.78 is 38.4. The summed E-state index contributed by atoms with van der Waals surface area (Å²) in [4.78, 5) is 4.39. The van der Waals surface area contributed by atoms with E-state index < -0.39 is 23.1 Å². The second kappa shape index (κ2) is 4.31. The molecule has 0 aliphatic carbocycles. The first-order chi connectivity index (χ1) is 8.43. The van der Waals surface area contributed by atoms with E-state index in [1.165, 1.54) is 17.4 Å². The summed E-state index contributed by atoms with van der Waals surface area (Å²) in [7, 11) is 0. The van der Waals surface area contributed by atoms with Crippen LogP contribution in [0.3, 0.4) is 0 Å². The summed E-state index contributed by atoms with van der Waals surface area (Å²) in [5.74, 6) is -0.407. The number of aromatic nitrogens is 1. The monoisotopic (exact) mass is 269 g/mol. The zero-order valence-corrected chi connectivity index (χ0v) is 9.64. The van der Waals surface area contributed by atoms with Gasteiger partial charge in [0.25, 0.3) is 0 Å². The third-order valence-electron chi connectivity index (χ3n) is 2.24. The highest BCUT2D eigenvalue weighted by Gasteiger charge is 2.35. The summed E-state index contributed by atoms with van der Waals surface area (Å²) in [6.45, 7) is 0. The molecule has 2 rings (SSSR count). The molecule has 2 N–H and O–H groups in total. The third kappa shape index (κ3) is 2.15. The summed E-state index contributed by atoms with van der Waals surface area (Å²) in [5, 5.41) is 10.4. The Balaban J connectivity index is 2.69. The Labute approximate surface area is 104 Å². The van der Waals surface area contributed by atoms with Crippen LogP contribution in [0.15, 0.2) is 23.6 Å². The van der Waals surface area contributed by atoms with Crippen LogP contribution < -0.4 is 5.73 Å². The van der Waals surface area contributed by atoms with E-state index >= 15 is 0 Å². The number of thiophene rings is 1. The first kappa shape index (κ1) is 12.4. The van der Waals surface area contributed by atoms with E-state index in [9.17, 15) is 13.2 Å². The van der Waals surface area contributed by atoms with Gasteiger partial charge in [-0.1, -0.05) is 6.07 Å². The Morgan fingerprint density at radius 3 is 2.61 bits per heavy atom. The van der Waals surface area contributed by atoms with Crippen LogP contribution in [-0.4, -0.2) is 4.98 Å². The number of nitriles is 1. The minimum Gasteiger partial charge on any atom is -0.383 e. The maximum absolute atomic E-state index is 12.8. The van der Waals surface area contributed by atoms with Crippen molar-refractivity contribution in [1.29, 1.82) is 5.26 Å². The Bertz CT molecular complexity index is 612. The molecular weight excluding hydrogens is 263 g/mol. The zero-order chi connectivity index (χ0) is 13.3. The molecule has 0 saturated carbocycles. The lowest BCUT2D eigenvalue weighted by atomic mass is 10.1. The van der Waals surface area contributed by atoms with Crippen LogP contribution in [0.1, 0.15) is 11.1 Å². The van der Waals surface area contributed by atoms with Gasteiger partial charge in [0, 0.05) is 0 Å². The number of halogens is 3. The van der Waals surface area contributed by atoms with Gasteiger partial charge in [-0.15, -0.1) is 11.3 Å². The van der Waals surface area contributed by atoms with Crippen molar-refractivity contribution < 1.29 is 13.2 Å². The number of hydrogen-bond donors (Lipinski definition) is 1. The summed E-state index contributed by atoms with van der Waals surface area (Å²) in [6, 6.07) is 5.62. The van der Waals surface area contributed by atoms with Gasteiger partial charge in [0.2, 0.25) is 0 Å². The summed E-state index contributed by atoms with van der Waals surface area (Å²) >= 11 is 1.25. The molecule has 0 unspecified atom stereocenters. The van der Waals surface area contributed by atoms with Gasteiger partial charge >= 0.3 is 6.18 Å². The molecule has 0 saturated heterocycles. The average Bonchev–Trinajstić information content (AvgIpc) is 2.80. The molecule has 2 aromatic rings. The fourth-order valence-electron chi connectivity index (χ4n) is 1.46. The summed E-state index contributed by atoms with van der Waals surface area (Å²) in [6.07, 6.45) is -4.63. The Hall–Kier alpha value is -2.07. The van der Waals surface area contributed by atoms with Gasteiger partial charge < -0.3 is 5.73 Å². The quantitative estimate of drug-likeness (QED) is 0.864. The maximum atomic E-state index is 12.8. The normalized spacial score (nSPS) is 11.2. The number of pyridine rings is 1. The number of anilines is 1. The van der Waals surface area contributed by atoms with Crippen LogP contribution in [0.2, 0.25) is 0 Å². The fourth-order valence-corrected chi connectivity index (χ4v) is 2.14. The van der Waals surface area contributed by atoms with Crippen LogP contribution in [-0.2, 0) is 6.18 Å². The lowest BCUT2D eigenvalue weighted by molar-refractivity contribution is -0.137. The minimum absolute atomic E-state index is 0.119. The number of hydrogen-bond acceptors (Lipinski definition) is 4. The van der Waals surface area contributed by atoms with Crippen molar-refractivity contribution in [2.24, 2.45) is 0 Å². The van der Waals surface area contributed by atoms with Gasteiger partial charge in [-0.3, -0.25) is 0 Å². The predicted octanol–water partition coefficient (Wildman–Crippen LogP) is 3.28. The van der Waals surface area contributed by atoms with Crippen molar-refractivity contribution in [1.82, 2.24) is 4.98 Å². The van der Waals surface area contributed by atoms with E-state index in [4.69, 9.17) is 11.0 Å². The molecule has 0 bridgehead atoms. The second-order valence-electron chi connectivity index (χ2n) is 3.40. The van der Waals surface area contributed by atoms with E-state index in [-0.39, 0.29) is 5.69 Å². The highest BCUT2D eigenvalue weighted by molar-refractivity contribution is 7.13. The molecule has 0 spiro atoms. The van der Waals surface area contributed by atoms with Crippen LogP contribution in [0.25, 0.3) is 10.6 Å². The van der Waals surface area contributed by atoms with Crippen molar-refractivity contribution in [2.75, 3.05) is 5.73 Å². The van der Waals surface area contributed by atoms with Gasteiger partial charge in [0.1, 0.15) is 17.5 Å². The van der Waals surface area contributed by atoms with Crippen molar-refractivity contribution in [2.45, 2.75) is 6.18 Å². The van der Waals surface area contributed by atoms with E-state index in [2.05, 4.69) is 4.98 Å². The molecule has 7 heteroatoms. The molecule has 0 amide bonds. The molecule has 2 aromatic heterocycles. The fraction of sp³-hybridized carbons (Fsp3) is 0.0909. The number of nitrogens with zero attached hydrogens (tertiary/aromatic N) is 2. The average molecular weight is 269 g/mol.